The summed E-state index contributed by atoms with van der Waals surface area (Å²) < 4.78 is 0.731. The molecule has 0 saturated carbocycles. The molecule has 2 amide bonds. The maximum absolute atomic E-state index is 11.8. The van der Waals surface area contributed by atoms with Crippen LogP contribution in [0.1, 0.15) is 20.8 Å². The van der Waals surface area contributed by atoms with E-state index in [0.29, 0.717) is 10.7 Å². The number of rotatable bonds is 2. The number of benzene rings is 1. The lowest BCUT2D eigenvalue weighted by Gasteiger charge is -2.07. The Morgan fingerprint density at radius 2 is 1.80 bits per heavy atom. The molecule has 5 nitrogen and oxygen atoms in total. The summed E-state index contributed by atoms with van der Waals surface area (Å²) in [4.78, 5) is 26.3. The average Bonchev–Trinajstić information content (AvgIpc) is 2.82. The quantitative estimate of drug-likeness (QED) is 0.704. The van der Waals surface area contributed by atoms with Crippen molar-refractivity contribution in [1.82, 2.24) is 15.8 Å². The third kappa shape index (κ3) is 3.53. The summed E-state index contributed by atoms with van der Waals surface area (Å²) >= 11 is 14.8. The van der Waals surface area contributed by atoms with Gasteiger partial charge in [0.2, 0.25) is 0 Å². The van der Waals surface area contributed by atoms with Gasteiger partial charge >= 0.3 is 0 Å². The molecule has 0 aliphatic rings. The van der Waals surface area contributed by atoms with Crippen LogP contribution >= 0.6 is 39.1 Å². The van der Waals surface area contributed by atoms with E-state index in [0.717, 1.165) is 4.47 Å². The van der Waals surface area contributed by atoms with Crippen molar-refractivity contribution in [1.29, 1.82) is 0 Å². The SMILES string of the molecule is O=C(NNC(=O)c1ccc(Cl)cc1Cl)c1cc(Br)c[nH]1. The lowest BCUT2D eigenvalue weighted by molar-refractivity contribution is 0.0844. The molecule has 1 aromatic carbocycles. The maximum atomic E-state index is 11.8. The Labute approximate surface area is 132 Å². The molecular weight excluding hydrogens is 369 g/mol. The Hall–Kier alpha value is -1.50. The van der Waals surface area contributed by atoms with Crippen molar-refractivity contribution in [3.8, 4) is 0 Å². The molecule has 0 spiro atoms. The fraction of sp³-hybridized carbons (Fsp3) is 0. The predicted molar refractivity (Wildman–Crippen MR) is 79.9 cm³/mol. The lowest BCUT2D eigenvalue weighted by Crippen LogP contribution is -2.41. The monoisotopic (exact) mass is 375 g/mol. The zero-order valence-corrected chi connectivity index (χ0v) is 12.9. The summed E-state index contributed by atoms with van der Waals surface area (Å²) in [5.74, 6) is -1.01. The molecule has 1 heterocycles. The molecule has 0 saturated heterocycles. The summed E-state index contributed by atoms with van der Waals surface area (Å²) in [6.45, 7) is 0. The minimum absolute atomic E-state index is 0.201. The number of carbonyl (C=O) groups excluding carboxylic acids is 2. The molecule has 0 aliphatic heterocycles. The first-order valence-electron chi connectivity index (χ1n) is 5.37. The molecule has 0 unspecified atom stereocenters. The number of amides is 2. The van der Waals surface area contributed by atoms with Gasteiger partial charge in [-0.05, 0) is 40.2 Å². The van der Waals surface area contributed by atoms with E-state index in [1.165, 1.54) is 18.2 Å². The second-order valence-corrected chi connectivity index (χ2v) is 5.52. The number of H-pyrrole nitrogens is 1. The molecule has 20 heavy (non-hydrogen) atoms. The zero-order valence-electron chi connectivity index (χ0n) is 9.84. The van der Waals surface area contributed by atoms with E-state index in [2.05, 4.69) is 31.8 Å². The molecule has 8 heteroatoms. The van der Waals surface area contributed by atoms with Gasteiger partial charge in [-0.15, -0.1) is 0 Å². The average molecular weight is 377 g/mol. The summed E-state index contributed by atoms with van der Waals surface area (Å²) in [5.41, 5.74) is 5.05. The van der Waals surface area contributed by atoms with Gasteiger partial charge < -0.3 is 4.98 Å². The molecule has 1 aromatic heterocycles. The van der Waals surface area contributed by atoms with Crippen LogP contribution in [-0.2, 0) is 0 Å². The largest absolute Gasteiger partial charge is 0.356 e. The van der Waals surface area contributed by atoms with Gasteiger partial charge in [-0.2, -0.15) is 0 Å². The summed E-state index contributed by atoms with van der Waals surface area (Å²) in [6.07, 6.45) is 1.60. The molecule has 2 aromatic rings. The fourth-order valence-electron chi connectivity index (χ4n) is 1.42. The Morgan fingerprint density at radius 3 is 2.40 bits per heavy atom. The van der Waals surface area contributed by atoms with E-state index in [1.54, 1.807) is 12.3 Å². The van der Waals surface area contributed by atoms with Crippen LogP contribution in [0.15, 0.2) is 34.9 Å². The first-order valence-corrected chi connectivity index (χ1v) is 6.92. The van der Waals surface area contributed by atoms with Gasteiger partial charge in [0.15, 0.2) is 0 Å². The van der Waals surface area contributed by atoms with Crippen LogP contribution in [0.5, 0.6) is 0 Å². The molecule has 0 atom stereocenters. The summed E-state index contributed by atoms with van der Waals surface area (Å²) in [6, 6.07) is 6.03. The highest BCUT2D eigenvalue weighted by Crippen LogP contribution is 2.20. The van der Waals surface area contributed by atoms with E-state index in [4.69, 9.17) is 23.2 Å². The first-order chi connectivity index (χ1) is 9.47. The normalized spacial score (nSPS) is 10.2. The van der Waals surface area contributed by atoms with Crippen molar-refractivity contribution < 1.29 is 9.59 Å². The van der Waals surface area contributed by atoms with E-state index < -0.39 is 11.8 Å². The van der Waals surface area contributed by atoms with Gasteiger partial charge in [-0.3, -0.25) is 20.4 Å². The second-order valence-electron chi connectivity index (χ2n) is 3.76. The van der Waals surface area contributed by atoms with Gasteiger partial charge in [-0.25, -0.2) is 0 Å². The number of nitrogens with one attached hydrogen (secondary N) is 3. The van der Waals surface area contributed by atoms with Crippen molar-refractivity contribution in [3.05, 3.63) is 56.2 Å². The number of hydrogen-bond donors (Lipinski definition) is 3. The van der Waals surface area contributed by atoms with Crippen molar-refractivity contribution >= 4 is 50.9 Å². The molecule has 0 radical (unpaired) electrons. The highest BCUT2D eigenvalue weighted by atomic mass is 79.9. The number of hydrogen-bond acceptors (Lipinski definition) is 2. The van der Waals surface area contributed by atoms with Gasteiger partial charge in [0.05, 0.1) is 10.6 Å². The van der Waals surface area contributed by atoms with E-state index in [-0.39, 0.29) is 10.6 Å². The second kappa shape index (κ2) is 6.30. The van der Waals surface area contributed by atoms with Gasteiger partial charge in [0.25, 0.3) is 11.8 Å². The van der Waals surface area contributed by atoms with Crippen LogP contribution in [0.3, 0.4) is 0 Å². The van der Waals surface area contributed by atoms with Crippen LogP contribution in [-0.4, -0.2) is 16.8 Å². The number of hydrazine groups is 1. The first kappa shape index (κ1) is 14.9. The Balaban J connectivity index is 2.00. The minimum atomic E-state index is -0.536. The van der Waals surface area contributed by atoms with E-state index in [9.17, 15) is 9.59 Å². The summed E-state index contributed by atoms with van der Waals surface area (Å²) in [7, 11) is 0. The van der Waals surface area contributed by atoms with Crippen molar-refractivity contribution in [2.75, 3.05) is 0 Å². The molecule has 2 rings (SSSR count). The molecule has 3 N–H and O–H groups in total. The lowest BCUT2D eigenvalue weighted by atomic mass is 10.2. The molecule has 0 aliphatic carbocycles. The van der Waals surface area contributed by atoms with Gasteiger partial charge in [-0.1, -0.05) is 23.2 Å². The zero-order chi connectivity index (χ0) is 14.7. The third-order valence-electron chi connectivity index (χ3n) is 2.36. The van der Waals surface area contributed by atoms with Crippen molar-refractivity contribution in [2.24, 2.45) is 0 Å². The van der Waals surface area contributed by atoms with Crippen LogP contribution in [0, 0.1) is 0 Å². The van der Waals surface area contributed by atoms with Crippen molar-refractivity contribution in [2.45, 2.75) is 0 Å². The van der Waals surface area contributed by atoms with E-state index >= 15 is 0 Å². The Bertz CT molecular complexity index is 672. The fourth-order valence-corrected chi connectivity index (χ4v) is 2.26. The Kier molecular flexibility index (Phi) is 4.69. The molecular formula is C12H8BrCl2N3O2. The number of halogens is 3. The number of carbonyl (C=O) groups is 2. The van der Waals surface area contributed by atoms with Crippen LogP contribution in [0.2, 0.25) is 10.0 Å². The van der Waals surface area contributed by atoms with Gasteiger partial charge in [0.1, 0.15) is 5.69 Å². The number of aromatic amines is 1. The van der Waals surface area contributed by atoms with Gasteiger partial charge in [0, 0.05) is 15.7 Å². The standard InChI is InChI=1S/C12H8BrCl2N3O2/c13-6-3-10(16-5-6)12(20)18-17-11(19)8-2-1-7(14)4-9(8)15/h1-5,16H,(H,17,19)(H,18,20). The third-order valence-corrected chi connectivity index (χ3v) is 3.36. The summed E-state index contributed by atoms with van der Waals surface area (Å²) in [5, 5.41) is 0.624. The molecule has 0 bridgehead atoms. The molecule has 0 fully saturated rings. The number of aromatic nitrogens is 1. The highest BCUT2D eigenvalue weighted by molar-refractivity contribution is 9.10. The van der Waals surface area contributed by atoms with Crippen molar-refractivity contribution in [3.63, 3.8) is 0 Å². The van der Waals surface area contributed by atoms with Crippen LogP contribution < -0.4 is 10.9 Å². The topological polar surface area (TPSA) is 74.0 Å². The van der Waals surface area contributed by atoms with Crippen LogP contribution in [0.4, 0.5) is 0 Å². The maximum Gasteiger partial charge on any atom is 0.286 e. The Morgan fingerprint density at radius 1 is 1.10 bits per heavy atom. The minimum Gasteiger partial charge on any atom is -0.356 e. The van der Waals surface area contributed by atoms with Crippen LogP contribution in [0.25, 0.3) is 0 Å². The van der Waals surface area contributed by atoms with E-state index in [1.807, 2.05) is 0 Å². The smallest absolute Gasteiger partial charge is 0.286 e. The highest BCUT2D eigenvalue weighted by Gasteiger charge is 2.13. The molecule has 104 valence electrons. The predicted octanol–water partition coefficient (Wildman–Crippen LogP) is 3.16.